The molecule has 1 heterocycles. The van der Waals surface area contributed by atoms with Gasteiger partial charge in [0.2, 0.25) is 0 Å². The van der Waals surface area contributed by atoms with Gasteiger partial charge in [0.05, 0.1) is 12.7 Å². The highest BCUT2D eigenvalue weighted by Gasteiger charge is 2.14. The number of carbonyl (C=O) groups excluding carboxylic acids is 1. The Kier molecular flexibility index (Phi) is 7.19. The number of amides is 1. The summed E-state index contributed by atoms with van der Waals surface area (Å²) in [5.41, 5.74) is 1.86. The van der Waals surface area contributed by atoms with Crippen LogP contribution in [0.4, 0.5) is 0 Å². The molecule has 0 aliphatic carbocycles. The lowest BCUT2D eigenvalue weighted by atomic mass is 10.1. The monoisotopic (exact) mass is 355 g/mol. The molecule has 1 aliphatic heterocycles. The Labute approximate surface area is 134 Å². The third kappa shape index (κ3) is 5.77. The zero-order valence-electron chi connectivity index (χ0n) is 12.1. The molecule has 4 nitrogen and oxygen atoms in total. The molecule has 1 saturated heterocycles. The van der Waals surface area contributed by atoms with Gasteiger partial charge >= 0.3 is 0 Å². The maximum atomic E-state index is 11.9. The normalized spacial score (nSPS) is 17.9. The minimum Gasteiger partial charge on any atom is -0.379 e. The van der Waals surface area contributed by atoms with Crippen molar-refractivity contribution >= 4 is 21.8 Å². The molecule has 1 N–H and O–H groups in total. The molecule has 0 radical (unpaired) electrons. The van der Waals surface area contributed by atoms with Crippen molar-refractivity contribution in [2.24, 2.45) is 0 Å². The van der Waals surface area contributed by atoms with E-state index in [4.69, 9.17) is 9.47 Å². The first-order valence-corrected chi connectivity index (χ1v) is 8.54. The van der Waals surface area contributed by atoms with Crippen molar-refractivity contribution < 1.29 is 14.3 Å². The summed E-state index contributed by atoms with van der Waals surface area (Å²) in [5.74, 6) is -0.0322. The van der Waals surface area contributed by atoms with E-state index < -0.39 is 0 Å². The van der Waals surface area contributed by atoms with E-state index in [-0.39, 0.29) is 12.0 Å². The van der Waals surface area contributed by atoms with Crippen molar-refractivity contribution in [1.82, 2.24) is 5.32 Å². The van der Waals surface area contributed by atoms with Crippen LogP contribution in [0.1, 0.15) is 35.2 Å². The van der Waals surface area contributed by atoms with Gasteiger partial charge in [0.1, 0.15) is 0 Å². The predicted molar refractivity (Wildman–Crippen MR) is 85.8 cm³/mol. The Morgan fingerprint density at radius 2 is 2.19 bits per heavy atom. The number of hydrogen-bond donors (Lipinski definition) is 1. The maximum Gasteiger partial charge on any atom is 0.251 e. The summed E-state index contributed by atoms with van der Waals surface area (Å²) in [6, 6.07) is 7.60. The van der Waals surface area contributed by atoms with Gasteiger partial charge in [-0.05, 0) is 37.0 Å². The summed E-state index contributed by atoms with van der Waals surface area (Å²) >= 11 is 3.39. The molecule has 1 aromatic carbocycles. The second-order valence-corrected chi connectivity index (χ2v) is 5.71. The van der Waals surface area contributed by atoms with E-state index in [1.807, 2.05) is 24.3 Å². The molecule has 0 spiro atoms. The fourth-order valence-electron chi connectivity index (χ4n) is 2.21. The van der Waals surface area contributed by atoms with Gasteiger partial charge < -0.3 is 14.8 Å². The fraction of sp³-hybridized carbons (Fsp3) is 0.562. The van der Waals surface area contributed by atoms with Crippen molar-refractivity contribution in [3.8, 4) is 0 Å². The average Bonchev–Trinajstić information content (AvgIpc) is 3.04. The van der Waals surface area contributed by atoms with Crippen LogP contribution in [-0.2, 0) is 14.8 Å². The van der Waals surface area contributed by atoms with Gasteiger partial charge in [-0.2, -0.15) is 0 Å². The molecule has 1 aliphatic rings. The summed E-state index contributed by atoms with van der Waals surface area (Å²) in [6.45, 7) is 2.81. The first-order chi connectivity index (χ1) is 10.3. The molecular formula is C16H22BrNO3. The zero-order valence-corrected chi connectivity index (χ0v) is 13.7. The molecule has 21 heavy (non-hydrogen) atoms. The van der Waals surface area contributed by atoms with Crippen LogP contribution in [0.2, 0.25) is 0 Å². The topological polar surface area (TPSA) is 47.6 Å². The Hall–Kier alpha value is -0.910. The highest BCUT2D eigenvalue weighted by Crippen LogP contribution is 2.12. The van der Waals surface area contributed by atoms with Crippen molar-refractivity contribution in [3.05, 3.63) is 35.4 Å². The number of halogens is 1. The second-order valence-electron chi connectivity index (χ2n) is 5.15. The first-order valence-electron chi connectivity index (χ1n) is 7.42. The largest absolute Gasteiger partial charge is 0.379 e. The number of benzene rings is 1. The van der Waals surface area contributed by atoms with Crippen LogP contribution in [0.5, 0.6) is 0 Å². The summed E-state index contributed by atoms with van der Waals surface area (Å²) in [6.07, 6.45) is 3.32. The molecule has 1 atom stereocenters. The van der Waals surface area contributed by atoms with Crippen molar-refractivity contribution in [3.63, 3.8) is 0 Å². The Morgan fingerprint density at radius 3 is 2.86 bits per heavy atom. The van der Waals surface area contributed by atoms with E-state index in [0.717, 1.165) is 36.8 Å². The summed E-state index contributed by atoms with van der Waals surface area (Å²) in [7, 11) is 0. The number of ether oxygens (including phenoxy) is 2. The van der Waals surface area contributed by atoms with E-state index >= 15 is 0 Å². The summed E-state index contributed by atoms with van der Waals surface area (Å²) < 4.78 is 11.0. The molecule has 116 valence electrons. The molecule has 1 aromatic rings. The molecule has 1 fully saturated rings. The standard InChI is InChI=1S/C16H22BrNO3/c17-11-13-4-6-14(7-5-13)16(19)18-8-2-9-20-12-15-3-1-10-21-15/h4-7,15H,1-3,8-12H2,(H,18,19). The quantitative estimate of drug-likeness (QED) is 0.576. The molecule has 1 amide bonds. The fourth-order valence-corrected chi connectivity index (χ4v) is 2.59. The number of nitrogens with one attached hydrogen (secondary N) is 1. The van der Waals surface area contributed by atoms with Crippen LogP contribution in [0.3, 0.4) is 0 Å². The lowest BCUT2D eigenvalue weighted by Gasteiger charge is -2.10. The van der Waals surface area contributed by atoms with Crippen LogP contribution >= 0.6 is 15.9 Å². The minimum atomic E-state index is -0.0322. The smallest absolute Gasteiger partial charge is 0.251 e. The van der Waals surface area contributed by atoms with E-state index in [0.29, 0.717) is 25.3 Å². The summed E-state index contributed by atoms with van der Waals surface area (Å²) in [4.78, 5) is 11.9. The van der Waals surface area contributed by atoms with Crippen molar-refractivity contribution in [2.45, 2.75) is 30.7 Å². The molecule has 0 saturated carbocycles. The van der Waals surface area contributed by atoms with Crippen molar-refractivity contribution in [2.75, 3.05) is 26.4 Å². The van der Waals surface area contributed by atoms with Crippen LogP contribution in [0, 0.1) is 0 Å². The lowest BCUT2D eigenvalue weighted by Crippen LogP contribution is -2.25. The molecule has 5 heteroatoms. The van der Waals surface area contributed by atoms with Crippen LogP contribution in [0.25, 0.3) is 0 Å². The van der Waals surface area contributed by atoms with Gasteiger partial charge in [-0.25, -0.2) is 0 Å². The highest BCUT2D eigenvalue weighted by atomic mass is 79.9. The van der Waals surface area contributed by atoms with E-state index in [9.17, 15) is 4.79 Å². The molecule has 2 rings (SSSR count). The third-order valence-corrected chi connectivity index (χ3v) is 4.10. The van der Waals surface area contributed by atoms with Crippen molar-refractivity contribution in [1.29, 1.82) is 0 Å². The SMILES string of the molecule is O=C(NCCCOCC1CCCO1)c1ccc(CBr)cc1. The van der Waals surface area contributed by atoms with Gasteiger partial charge in [-0.1, -0.05) is 28.1 Å². The van der Waals surface area contributed by atoms with Gasteiger partial charge in [0, 0.05) is 30.7 Å². The third-order valence-electron chi connectivity index (χ3n) is 3.45. The van der Waals surface area contributed by atoms with Gasteiger partial charge in [-0.15, -0.1) is 0 Å². The molecule has 0 aromatic heterocycles. The zero-order chi connectivity index (χ0) is 14.9. The van der Waals surface area contributed by atoms with E-state index in [1.54, 1.807) is 0 Å². The molecular weight excluding hydrogens is 334 g/mol. The highest BCUT2D eigenvalue weighted by molar-refractivity contribution is 9.08. The number of rotatable bonds is 8. The number of alkyl halides is 1. The average molecular weight is 356 g/mol. The predicted octanol–water partition coefficient (Wildman–Crippen LogP) is 2.90. The molecule has 0 bridgehead atoms. The van der Waals surface area contributed by atoms with Crippen LogP contribution < -0.4 is 5.32 Å². The van der Waals surface area contributed by atoms with Gasteiger partial charge in [0.25, 0.3) is 5.91 Å². The minimum absolute atomic E-state index is 0.0322. The Balaban J connectivity index is 1.55. The summed E-state index contributed by atoms with van der Waals surface area (Å²) in [5, 5.41) is 3.71. The number of hydrogen-bond acceptors (Lipinski definition) is 3. The van der Waals surface area contributed by atoms with E-state index in [1.165, 1.54) is 0 Å². The van der Waals surface area contributed by atoms with Crippen LogP contribution in [0.15, 0.2) is 24.3 Å². The Morgan fingerprint density at radius 1 is 1.38 bits per heavy atom. The first kappa shape index (κ1) is 16.5. The number of carbonyl (C=O) groups is 1. The van der Waals surface area contributed by atoms with Crippen LogP contribution in [-0.4, -0.2) is 38.4 Å². The van der Waals surface area contributed by atoms with E-state index in [2.05, 4.69) is 21.2 Å². The maximum absolute atomic E-state index is 11.9. The lowest BCUT2D eigenvalue weighted by molar-refractivity contribution is 0.0166. The van der Waals surface area contributed by atoms with Gasteiger partial charge in [-0.3, -0.25) is 4.79 Å². The second kappa shape index (κ2) is 9.18. The molecule has 1 unspecified atom stereocenters. The van der Waals surface area contributed by atoms with Gasteiger partial charge in [0.15, 0.2) is 0 Å². The Bertz CT molecular complexity index is 430.